The minimum absolute atomic E-state index is 0.177. The number of nitrogens with zero attached hydrogens (tertiary/aromatic N) is 3. The predicted octanol–water partition coefficient (Wildman–Crippen LogP) is 3.06. The minimum Gasteiger partial charge on any atom is -0.507 e. The Hall–Kier alpha value is -2.89. The van der Waals surface area contributed by atoms with Crippen LogP contribution in [-0.2, 0) is 4.79 Å². The lowest BCUT2D eigenvalue weighted by atomic mass is 9.57. The Morgan fingerprint density at radius 3 is 2.73 bits per heavy atom. The summed E-state index contributed by atoms with van der Waals surface area (Å²) in [6.45, 7) is 3.44. The number of rotatable bonds is 2. The van der Waals surface area contributed by atoms with E-state index < -0.39 is 0 Å². The van der Waals surface area contributed by atoms with Crippen molar-refractivity contribution in [2.75, 3.05) is 13.1 Å². The highest BCUT2D eigenvalue weighted by Crippen LogP contribution is 2.56. The topological polar surface area (TPSA) is 82.1 Å². The van der Waals surface area contributed by atoms with Crippen LogP contribution in [0.2, 0.25) is 0 Å². The zero-order chi connectivity index (χ0) is 17.9. The zero-order valence-corrected chi connectivity index (χ0v) is 14.6. The van der Waals surface area contributed by atoms with Gasteiger partial charge < -0.3 is 15.0 Å². The van der Waals surface area contributed by atoms with Gasteiger partial charge in [-0.2, -0.15) is 0 Å². The second-order valence-electron chi connectivity index (χ2n) is 7.76. The number of nitrogens with one attached hydrogen (secondary N) is 1. The molecule has 0 unspecified atom stereocenters. The van der Waals surface area contributed by atoms with Crippen LogP contribution in [0.15, 0.2) is 36.4 Å². The Morgan fingerprint density at radius 2 is 2.00 bits per heavy atom. The average Bonchev–Trinajstić information content (AvgIpc) is 2.95. The van der Waals surface area contributed by atoms with Crippen LogP contribution in [0.1, 0.15) is 31.4 Å². The van der Waals surface area contributed by atoms with Crippen molar-refractivity contribution in [3.8, 4) is 17.0 Å². The molecule has 5 rings (SSSR count). The van der Waals surface area contributed by atoms with Gasteiger partial charge in [-0.3, -0.25) is 4.79 Å². The van der Waals surface area contributed by atoms with E-state index in [-0.39, 0.29) is 11.7 Å². The number of phenolic OH excluding ortho intramolecular Hbond substituents is 1. The van der Waals surface area contributed by atoms with Crippen LogP contribution in [0.5, 0.6) is 5.75 Å². The Labute approximate surface area is 150 Å². The minimum atomic E-state index is 0.177. The molecule has 6 nitrogen and oxygen atoms in total. The number of phenols is 1. The van der Waals surface area contributed by atoms with Gasteiger partial charge in [0.05, 0.1) is 5.69 Å². The number of likely N-dealkylation sites (tertiary alicyclic amines) is 1. The lowest BCUT2D eigenvalue weighted by Gasteiger charge is -2.58. The van der Waals surface area contributed by atoms with Gasteiger partial charge in [-0.15, -0.1) is 10.2 Å². The third-order valence-corrected chi connectivity index (χ3v) is 5.87. The van der Waals surface area contributed by atoms with Crippen LogP contribution in [0, 0.1) is 5.41 Å². The number of H-pyrrole nitrogens is 1. The third kappa shape index (κ3) is 2.29. The van der Waals surface area contributed by atoms with Crippen molar-refractivity contribution < 1.29 is 9.90 Å². The largest absolute Gasteiger partial charge is 0.507 e. The summed E-state index contributed by atoms with van der Waals surface area (Å²) in [6, 6.07) is 11.3. The molecule has 6 heteroatoms. The van der Waals surface area contributed by atoms with Gasteiger partial charge in [-0.05, 0) is 37.1 Å². The summed E-state index contributed by atoms with van der Waals surface area (Å²) in [5, 5.41) is 19.6. The first kappa shape index (κ1) is 15.4. The highest BCUT2D eigenvalue weighted by molar-refractivity contribution is 5.81. The fourth-order valence-corrected chi connectivity index (χ4v) is 4.45. The lowest BCUT2D eigenvalue weighted by molar-refractivity contribution is -0.149. The van der Waals surface area contributed by atoms with Crippen molar-refractivity contribution in [1.29, 1.82) is 0 Å². The molecule has 2 N–H and O–H groups in total. The lowest BCUT2D eigenvalue weighted by Crippen LogP contribution is -2.62. The number of fused-ring (bicyclic) bond motifs is 1. The number of hydrogen-bond donors (Lipinski definition) is 2. The molecule has 1 amide bonds. The Kier molecular flexibility index (Phi) is 3.13. The molecule has 1 spiro atoms. The maximum absolute atomic E-state index is 11.4. The van der Waals surface area contributed by atoms with E-state index in [1.165, 1.54) is 5.69 Å². The summed E-state index contributed by atoms with van der Waals surface area (Å²) < 4.78 is 0. The van der Waals surface area contributed by atoms with Crippen LogP contribution in [-0.4, -0.2) is 44.2 Å². The molecular formula is C20H20N4O2. The number of benzene rings is 1. The van der Waals surface area contributed by atoms with Gasteiger partial charge in [-0.25, -0.2) is 0 Å². The van der Waals surface area contributed by atoms with E-state index in [0.29, 0.717) is 22.6 Å². The molecule has 132 valence electrons. The average molecular weight is 348 g/mol. The van der Waals surface area contributed by atoms with Gasteiger partial charge in [0.25, 0.3) is 0 Å². The number of aromatic nitrogens is 3. The van der Waals surface area contributed by atoms with Crippen LogP contribution in [0.25, 0.3) is 22.3 Å². The number of carbonyl (C=O) groups excluding carboxylic acids is 1. The summed E-state index contributed by atoms with van der Waals surface area (Å²) in [7, 11) is 0. The van der Waals surface area contributed by atoms with Crippen molar-refractivity contribution >= 4 is 16.9 Å². The van der Waals surface area contributed by atoms with Crippen LogP contribution in [0.3, 0.4) is 0 Å². The highest BCUT2D eigenvalue weighted by atomic mass is 16.3. The number of para-hydroxylation sites is 1. The fraction of sp³-hybridized carbons (Fsp3) is 0.350. The van der Waals surface area contributed by atoms with Crippen LogP contribution in [0.4, 0.5) is 0 Å². The van der Waals surface area contributed by atoms with Crippen LogP contribution < -0.4 is 0 Å². The summed E-state index contributed by atoms with van der Waals surface area (Å²) in [5.74, 6) is 0.876. The van der Waals surface area contributed by atoms with Gasteiger partial charge in [0, 0.05) is 48.0 Å². The normalized spacial score (nSPS) is 18.7. The second kappa shape index (κ2) is 5.30. The van der Waals surface area contributed by atoms with E-state index in [0.717, 1.165) is 37.0 Å². The van der Waals surface area contributed by atoms with Crippen molar-refractivity contribution in [2.45, 2.75) is 25.7 Å². The van der Waals surface area contributed by atoms with E-state index in [2.05, 4.69) is 21.2 Å². The smallest absolute Gasteiger partial charge is 0.219 e. The second-order valence-corrected chi connectivity index (χ2v) is 7.76. The molecule has 1 aliphatic carbocycles. The summed E-state index contributed by atoms with van der Waals surface area (Å²) in [4.78, 5) is 16.7. The molecule has 1 saturated carbocycles. The van der Waals surface area contributed by atoms with E-state index in [9.17, 15) is 9.90 Å². The molecule has 0 bridgehead atoms. The van der Waals surface area contributed by atoms with E-state index in [4.69, 9.17) is 0 Å². The van der Waals surface area contributed by atoms with Crippen molar-refractivity contribution in [2.24, 2.45) is 5.41 Å². The van der Waals surface area contributed by atoms with Crippen molar-refractivity contribution in [3.63, 3.8) is 0 Å². The highest BCUT2D eigenvalue weighted by Gasteiger charge is 2.53. The number of amides is 1. The molecule has 0 atom stereocenters. The summed E-state index contributed by atoms with van der Waals surface area (Å²) in [6.07, 6.45) is 2.23. The predicted molar refractivity (Wildman–Crippen MR) is 97.7 cm³/mol. The molecule has 1 aromatic carbocycles. The van der Waals surface area contributed by atoms with Gasteiger partial charge in [0.1, 0.15) is 5.75 Å². The first-order valence-corrected chi connectivity index (χ1v) is 8.93. The molecule has 26 heavy (non-hydrogen) atoms. The van der Waals surface area contributed by atoms with Gasteiger partial charge in [0.2, 0.25) is 5.91 Å². The molecule has 3 aromatic rings. The number of carbonyl (C=O) groups is 1. The molecule has 1 aliphatic heterocycles. The van der Waals surface area contributed by atoms with E-state index >= 15 is 0 Å². The summed E-state index contributed by atoms with van der Waals surface area (Å²) >= 11 is 0. The molecule has 2 aliphatic rings. The maximum Gasteiger partial charge on any atom is 0.219 e. The summed E-state index contributed by atoms with van der Waals surface area (Å²) in [5.41, 5.74) is 3.66. The Morgan fingerprint density at radius 1 is 1.23 bits per heavy atom. The van der Waals surface area contributed by atoms with E-state index in [1.54, 1.807) is 19.1 Å². The van der Waals surface area contributed by atoms with Crippen molar-refractivity contribution in [1.82, 2.24) is 20.1 Å². The molecule has 1 saturated heterocycles. The third-order valence-electron chi connectivity index (χ3n) is 5.87. The first-order valence-electron chi connectivity index (χ1n) is 8.93. The monoisotopic (exact) mass is 348 g/mol. The maximum atomic E-state index is 11.4. The van der Waals surface area contributed by atoms with Gasteiger partial charge >= 0.3 is 0 Å². The quantitative estimate of drug-likeness (QED) is 0.746. The SMILES string of the molecule is CC(=O)N1CC2(CC(c3cc4cc(-c5ccccc5O)nnc4[nH]3)C2)C1. The molecule has 2 aromatic heterocycles. The number of aromatic amines is 1. The molecule has 2 fully saturated rings. The van der Waals surface area contributed by atoms with Gasteiger partial charge in [0.15, 0.2) is 5.65 Å². The standard InChI is InChI=1S/C20H20N4O2/c1-12(25)24-10-20(11-24)8-14(9-20)16-6-13-7-17(22-23-19(13)21-16)15-4-2-3-5-18(15)26/h2-7,14,26H,8-11H2,1H3,(H,21,23). The van der Waals surface area contributed by atoms with Crippen molar-refractivity contribution in [3.05, 3.63) is 42.1 Å². The number of hydrogen-bond acceptors (Lipinski definition) is 4. The fourth-order valence-electron chi connectivity index (χ4n) is 4.45. The van der Waals surface area contributed by atoms with Crippen LogP contribution >= 0.6 is 0 Å². The Balaban J connectivity index is 1.37. The molecule has 0 radical (unpaired) electrons. The van der Waals surface area contributed by atoms with E-state index in [1.807, 2.05) is 23.1 Å². The first-order chi connectivity index (χ1) is 12.5. The zero-order valence-electron chi connectivity index (χ0n) is 14.6. The Bertz CT molecular complexity index is 1010. The van der Waals surface area contributed by atoms with Gasteiger partial charge in [-0.1, -0.05) is 12.1 Å². The molecule has 3 heterocycles. The number of aromatic hydroxyl groups is 1. The molecular weight excluding hydrogens is 328 g/mol.